The van der Waals surface area contributed by atoms with Gasteiger partial charge in [-0.1, -0.05) is 56.3 Å². The third-order valence-electron chi connectivity index (χ3n) is 7.57. The molecule has 6 rings (SSSR count). The minimum atomic E-state index is 0.258. The van der Waals surface area contributed by atoms with Gasteiger partial charge in [0.2, 0.25) is 5.82 Å². The fraction of sp³-hybridized carbons (Fsp3) is 0.344. The number of fused-ring (bicyclic) bond motifs is 1. The molecule has 2 aromatic carbocycles. The number of ether oxygens (including phenoxy) is 2. The van der Waals surface area contributed by atoms with Crippen LogP contribution in [0.5, 0.6) is 5.75 Å². The molecule has 0 amide bonds. The van der Waals surface area contributed by atoms with Gasteiger partial charge in [-0.3, -0.25) is 0 Å². The molecule has 0 aliphatic heterocycles. The van der Waals surface area contributed by atoms with E-state index in [1.54, 1.807) is 20.4 Å². The second kappa shape index (κ2) is 11.9. The summed E-state index contributed by atoms with van der Waals surface area (Å²) in [4.78, 5) is 9.61. The van der Waals surface area contributed by atoms with Gasteiger partial charge in [0.15, 0.2) is 11.6 Å². The smallest absolute Gasteiger partial charge is 0.218 e. The van der Waals surface area contributed by atoms with Gasteiger partial charge in [-0.2, -0.15) is 0 Å². The van der Waals surface area contributed by atoms with Gasteiger partial charge in [-0.15, -0.1) is 5.10 Å². The maximum absolute atomic E-state index is 5.67. The van der Waals surface area contributed by atoms with Gasteiger partial charge in [0, 0.05) is 49.9 Å². The fourth-order valence-corrected chi connectivity index (χ4v) is 5.57. The summed E-state index contributed by atoms with van der Waals surface area (Å²) in [7, 11) is 5.46. The van der Waals surface area contributed by atoms with Crippen molar-refractivity contribution in [3.8, 4) is 39.7 Å². The van der Waals surface area contributed by atoms with E-state index in [0.29, 0.717) is 11.6 Å². The number of imidazole rings is 1. The molecule has 0 bridgehead atoms. The van der Waals surface area contributed by atoms with Crippen molar-refractivity contribution >= 4 is 11.3 Å². The number of hydrogen-bond donors (Lipinski definition) is 1. The van der Waals surface area contributed by atoms with Crippen molar-refractivity contribution in [1.29, 1.82) is 0 Å². The molecular formula is C32H38N6O2. The molecule has 2 atom stereocenters. The molecule has 1 aliphatic rings. The Morgan fingerprint density at radius 1 is 0.975 bits per heavy atom. The van der Waals surface area contributed by atoms with Crippen LogP contribution in [0.15, 0.2) is 67.1 Å². The van der Waals surface area contributed by atoms with Crippen molar-refractivity contribution < 1.29 is 9.47 Å². The first kappa shape index (κ1) is 27.4. The number of anilines is 1. The first-order chi connectivity index (χ1) is 19.6. The molecule has 40 heavy (non-hydrogen) atoms. The maximum atomic E-state index is 5.67. The van der Waals surface area contributed by atoms with Crippen LogP contribution in [0, 0.1) is 6.92 Å². The molecule has 1 saturated carbocycles. The average Bonchev–Trinajstić information content (AvgIpc) is 3.73. The number of nitrogens with zero attached hydrogens (tertiary/aromatic N) is 5. The van der Waals surface area contributed by atoms with E-state index >= 15 is 0 Å². The Bertz CT molecular complexity index is 1590. The number of hydrogen-bond acceptors (Lipinski definition) is 6. The van der Waals surface area contributed by atoms with Crippen molar-refractivity contribution in [3.05, 3.63) is 72.7 Å². The highest BCUT2D eigenvalue weighted by Crippen LogP contribution is 2.42. The fourth-order valence-electron chi connectivity index (χ4n) is 5.57. The number of aromatic nitrogens is 5. The first-order valence-electron chi connectivity index (χ1n) is 14.0. The molecule has 3 heterocycles. The number of rotatable bonds is 7. The average molecular weight is 539 g/mol. The van der Waals surface area contributed by atoms with Crippen LogP contribution in [0.1, 0.15) is 38.7 Å². The molecule has 0 spiro atoms. The Balaban J connectivity index is 0.00000158. The van der Waals surface area contributed by atoms with Crippen LogP contribution in [-0.4, -0.2) is 50.5 Å². The van der Waals surface area contributed by atoms with Crippen LogP contribution in [-0.2, 0) is 11.8 Å². The molecule has 0 saturated heterocycles. The zero-order chi connectivity index (χ0) is 28.2. The Morgan fingerprint density at radius 3 is 2.45 bits per heavy atom. The third kappa shape index (κ3) is 5.07. The lowest BCUT2D eigenvalue weighted by Gasteiger charge is -2.17. The number of aryl methyl sites for hydroxylation is 1. The van der Waals surface area contributed by atoms with Crippen molar-refractivity contribution in [2.45, 2.75) is 52.2 Å². The molecule has 8 nitrogen and oxygen atoms in total. The van der Waals surface area contributed by atoms with E-state index in [2.05, 4.69) is 53.8 Å². The molecule has 1 fully saturated rings. The second-order valence-corrected chi connectivity index (χ2v) is 9.87. The van der Waals surface area contributed by atoms with Crippen LogP contribution in [0.4, 0.5) is 5.82 Å². The second-order valence-electron chi connectivity index (χ2n) is 9.87. The van der Waals surface area contributed by atoms with E-state index in [1.807, 2.05) is 54.4 Å². The molecule has 208 valence electrons. The van der Waals surface area contributed by atoms with E-state index in [9.17, 15) is 0 Å². The van der Waals surface area contributed by atoms with Gasteiger partial charge in [0.1, 0.15) is 11.3 Å². The molecule has 5 aromatic rings. The zero-order valence-electron chi connectivity index (χ0n) is 24.2. The van der Waals surface area contributed by atoms with Crippen LogP contribution >= 0.6 is 0 Å². The van der Waals surface area contributed by atoms with Gasteiger partial charge in [0.05, 0.1) is 13.2 Å². The topological polar surface area (TPSA) is 78.5 Å². The summed E-state index contributed by atoms with van der Waals surface area (Å²) in [5.74, 6) is 2.93. The predicted octanol–water partition coefficient (Wildman–Crippen LogP) is 6.79. The summed E-state index contributed by atoms with van der Waals surface area (Å²) in [6.45, 7) is 6.10. The summed E-state index contributed by atoms with van der Waals surface area (Å²) < 4.78 is 15.2. The summed E-state index contributed by atoms with van der Waals surface area (Å²) in [5, 5.41) is 8.74. The van der Waals surface area contributed by atoms with Crippen molar-refractivity contribution in [3.63, 3.8) is 0 Å². The lowest BCUT2D eigenvalue weighted by molar-refractivity contribution is 0.108. The van der Waals surface area contributed by atoms with Crippen molar-refractivity contribution in [1.82, 2.24) is 24.1 Å². The normalized spacial score (nSPS) is 16.6. The Morgan fingerprint density at radius 2 is 1.77 bits per heavy atom. The predicted molar refractivity (Wildman–Crippen MR) is 161 cm³/mol. The standard InChI is InChI=1S/C30H32N6O2.C2H6/c1-19-23(11-8-12-25(19)38-4)24-18-36-27(26(24)20-9-6-5-7-10-20)28(32-21-13-14-22(17-21)37-3)33-29(34-36)30-31-15-16-35(30)2;1-2/h5-12,15-16,18,21-22H,13-14,17H2,1-4H3,(H,32,33,34);1-2H3. The summed E-state index contributed by atoms with van der Waals surface area (Å²) >= 11 is 0. The highest BCUT2D eigenvalue weighted by molar-refractivity contribution is 5.99. The third-order valence-corrected chi connectivity index (χ3v) is 7.57. The monoisotopic (exact) mass is 538 g/mol. The minimum absolute atomic E-state index is 0.258. The number of benzene rings is 2. The first-order valence-corrected chi connectivity index (χ1v) is 14.0. The van der Waals surface area contributed by atoms with Crippen molar-refractivity contribution in [2.75, 3.05) is 19.5 Å². The minimum Gasteiger partial charge on any atom is -0.496 e. The summed E-state index contributed by atoms with van der Waals surface area (Å²) in [6.07, 6.45) is 9.03. The maximum Gasteiger partial charge on any atom is 0.218 e. The van der Waals surface area contributed by atoms with E-state index in [4.69, 9.17) is 19.6 Å². The van der Waals surface area contributed by atoms with Crippen LogP contribution in [0.3, 0.4) is 0 Å². The molecule has 3 aromatic heterocycles. The van der Waals surface area contributed by atoms with E-state index in [-0.39, 0.29) is 12.1 Å². The van der Waals surface area contributed by atoms with Gasteiger partial charge in [-0.25, -0.2) is 14.5 Å². The van der Waals surface area contributed by atoms with Gasteiger partial charge in [0.25, 0.3) is 0 Å². The molecule has 1 N–H and O–H groups in total. The lowest BCUT2D eigenvalue weighted by atomic mass is 9.94. The summed E-state index contributed by atoms with van der Waals surface area (Å²) in [5.41, 5.74) is 6.37. The molecule has 8 heteroatoms. The van der Waals surface area contributed by atoms with Crippen LogP contribution in [0.2, 0.25) is 0 Å². The van der Waals surface area contributed by atoms with E-state index < -0.39 is 0 Å². The quantitative estimate of drug-likeness (QED) is 0.246. The van der Waals surface area contributed by atoms with Gasteiger partial charge >= 0.3 is 0 Å². The molecule has 0 radical (unpaired) electrons. The van der Waals surface area contributed by atoms with E-state index in [0.717, 1.165) is 64.2 Å². The lowest BCUT2D eigenvalue weighted by Crippen LogP contribution is -2.19. The van der Waals surface area contributed by atoms with Crippen LogP contribution in [0.25, 0.3) is 39.4 Å². The zero-order valence-corrected chi connectivity index (χ0v) is 24.2. The largest absolute Gasteiger partial charge is 0.496 e. The Labute approximate surface area is 236 Å². The SMILES string of the molecule is CC.COc1cccc(-c2cn3nc(-c4nccn4C)nc(NC4CCC(OC)C4)c3c2-c2ccccc2)c1C. The van der Waals surface area contributed by atoms with Crippen LogP contribution < -0.4 is 10.1 Å². The van der Waals surface area contributed by atoms with Crippen molar-refractivity contribution in [2.24, 2.45) is 7.05 Å². The number of methoxy groups -OCH3 is 2. The number of nitrogens with one attached hydrogen (secondary N) is 1. The molecule has 1 aliphatic carbocycles. The van der Waals surface area contributed by atoms with Gasteiger partial charge in [-0.05, 0) is 48.9 Å². The Kier molecular flexibility index (Phi) is 8.16. The highest BCUT2D eigenvalue weighted by atomic mass is 16.5. The molecule has 2 unspecified atom stereocenters. The van der Waals surface area contributed by atoms with Gasteiger partial charge < -0.3 is 19.4 Å². The highest BCUT2D eigenvalue weighted by Gasteiger charge is 2.28. The molecular weight excluding hydrogens is 500 g/mol. The van der Waals surface area contributed by atoms with E-state index in [1.165, 1.54) is 0 Å². The summed E-state index contributed by atoms with van der Waals surface area (Å²) in [6, 6.07) is 16.9. The Hall–Kier alpha value is -4.17.